The van der Waals surface area contributed by atoms with E-state index in [-0.39, 0.29) is 11.9 Å². The highest BCUT2D eigenvalue weighted by atomic mass is 16.5. The van der Waals surface area contributed by atoms with E-state index >= 15 is 0 Å². The molecule has 1 fully saturated rings. The molecule has 3 unspecified atom stereocenters. The SMILES string of the molecule is CC(OCCNN1C(C)CCCC1C)C(N)=NO. The predicted molar refractivity (Wildman–Crippen MR) is 71.4 cm³/mol. The Balaban J connectivity index is 2.21. The molecule has 1 aliphatic heterocycles. The number of rotatable bonds is 6. The van der Waals surface area contributed by atoms with Gasteiger partial charge >= 0.3 is 0 Å². The summed E-state index contributed by atoms with van der Waals surface area (Å²) >= 11 is 0. The van der Waals surface area contributed by atoms with Crippen molar-refractivity contribution in [2.75, 3.05) is 13.2 Å². The second kappa shape index (κ2) is 7.56. The van der Waals surface area contributed by atoms with Gasteiger partial charge in [-0.2, -0.15) is 0 Å². The maximum absolute atomic E-state index is 8.49. The molecule has 0 amide bonds. The number of ether oxygens (including phenoxy) is 1. The van der Waals surface area contributed by atoms with Crippen LogP contribution in [0.25, 0.3) is 0 Å². The summed E-state index contributed by atoms with van der Waals surface area (Å²) in [6, 6.07) is 1.13. The maximum Gasteiger partial charge on any atom is 0.168 e. The van der Waals surface area contributed by atoms with Crippen molar-refractivity contribution in [1.82, 2.24) is 10.4 Å². The van der Waals surface area contributed by atoms with Crippen LogP contribution in [0.4, 0.5) is 0 Å². The van der Waals surface area contributed by atoms with Crippen LogP contribution < -0.4 is 11.2 Å². The van der Waals surface area contributed by atoms with Crippen molar-refractivity contribution >= 4 is 5.84 Å². The Bertz CT molecular complexity index is 263. The summed E-state index contributed by atoms with van der Waals surface area (Å²) in [7, 11) is 0. The number of piperidine rings is 1. The summed E-state index contributed by atoms with van der Waals surface area (Å²) in [5.74, 6) is 0.106. The number of oxime groups is 1. The Labute approximate surface area is 109 Å². The van der Waals surface area contributed by atoms with Crippen LogP contribution in [0.1, 0.15) is 40.0 Å². The first kappa shape index (κ1) is 15.2. The molecule has 0 aromatic rings. The molecular formula is C12H26N4O2. The third-order valence-electron chi connectivity index (χ3n) is 3.49. The fraction of sp³-hybridized carbons (Fsp3) is 0.917. The molecule has 0 spiro atoms. The lowest BCUT2D eigenvalue weighted by Gasteiger charge is -2.39. The van der Waals surface area contributed by atoms with Gasteiger partial charge in [0, 0.05) is 18.6 Å². The lowest BCUT2D eigenvalue weighted by molar-refractivity contribution is 0.0266. The van der Waals surface area contributed by atoms with E-state index in [1.807, 2.05) is 0 Å². The van der Waals surface area contributed by atoms with Crippen LogP contribution in [-0.4, -0.2) is 47.4 Å². The molecule has 18 heavy (non-hydrogen) atoms. The van der Waals surface area contributed by atoms with Gasteiger partial charge in [0.1, 0.15) is 6.10 Å². The Morgan fingerprint density at radius 3 is 2.67 bits per heavy atom. The van der Waals surface area contributed by atoms with Crippen molar-refractivity contribution in [1.29, 1.82) is 0 Å². The van der Waals surface area contributed by atoms with E-state index in [1.54, 1.807) is 6.92 Å². The maximum atomic E-state index is 8.49. The highest BCUT2D eigenvalue weighted by Crippen LogP contribution is 2.19. The van der Waals surface area contributed by atoms with Gasteiger partial charge < -0.3 is 15.7 Å². The number of nitrogens with one attached hydrogen (secondary N) is 1. The van der Waals surface area contributed by atoms with E-state index in [1.165, 1.54) is 19.3 Å². The normalized spacial score (nSPS) is 28.3. The summed E-state index contributed by atoms with van der Waals surface area (Å²) in [6.07, 6.45) is 3.42. The first-order chi connectivity index (χ1) is 8.56. The molecule has 1 saturated heterocycles. The highest BCUT2D eigenvalue weighted by molar-refractivity contribution is 5.83. The molecule has 106 valence electrons. The minimum atomic E-state index is -0.354. The molecule has 1 aliphatic rings. The Kier molecular flexibility index (Phi) is 6.38. The standard InChI is InChI=1S/C12H26N4O2/c1-9-5-4-6-10(2)16(9)14-7-8-18-11(3)12(13)15-17/h9-11,14,17H,4-8H2,1-3H3,(H2,13,15). The van der Waals surface area contributed by atoms with Crippen LogP contribution in [0.5, 0.6) is 0 Å². The molecule has 0 aromatic carbocycles. The zero-order chi connectivity index (χ0) is 13.5. The lowest BCUT2D eigenvalue weighted by Crippen LogP contribution is -2.53. The highest BCUT2D eigenvalue weighted by Gasteiger charge is 2.23. The average Bonchev–Trinajstić information content (AvgIpc) is 2.36. The van der Waals surface area contributed by atoms with E-state index in [4.69, 9.17) is 15.7 Å². The van der Waals surface area contributed by atoms with Crippen LogP contribution in [-0.2, 0) is 4.74 Å². The van der Waals surface area contributed by atoms with E-state index in [0.717, 1.165) is 6.54 Å². The van der Waals surface area contributed by atoms with Crippen LogP contribution in [0, 0.1) is 0 Å². The molecule has 1 heterocycles. The van der Waals surface area contributed by atoms with E-state index in [2.05, 4.69) is 29.4 Å². The Hall–Kier alpha value is -0.850. The molecule has 6 heteroatoms. The summed E-state index contributed by atoms with van der Waals surface area (Å²) in [4.78, 5) is 0. The summed E-state index contributed by atoms with van der Waals surface area (Å²) < 4.78 is 5.45. The van der Waals surface area contributed by atoms with Crippen LogP contribution in [0.2, 0.25) is 0 Å². The minimum absolute atomic E-state index is 0.106. The number of hydrogen-bond acceptors (Lipinski definition) is 5. The van der Waals surface area contributed by atoms with E-state index < -0.39 is 0 Å². The fourth-order valence-corrected chi connectivity index (χ4v) is 2.31. The second-order valence-electron chi connectivity index (χ2n) is 4.98. The van der Waals surface area contributed by atoms with E-state index in [0.29, 0.717) is 18.7 Å². The molecule has 0 radical (unpaired) electrons. The van der Waals surface area contributed by atoms with Crippen molar-refractivity contribution in [2.24, 2.45) is 10.9 Å². The molecule has 0 saturated carbocycles. The molecule has 4 N–H and O–H groups in total. The van der Waals surface area contributed by atoms with Gasteiger partial charge in [-0.25, -0.2) is 5.01 Å². The number of nitrogens with zero attached hydrogens (tertiary/aromatic N) is 2. The second-order valence-corrected chi connectivity index (χ2v) is 4.98. The molecule has 1 rings (SSSR count). The summed E-state index contributed by atoms with van der Waals surface area (Å²) in [5, 5.41) is 13.7. The van der Waals surface area contributed by atoms with Crippen LogP contribution in [0.15, 0.2) is 5.16 Å². The van der Waals surface area contributed by atoms with Gasteiger partial charge in [0.2, 0.25) is 0 Å². The van der Waals surface area contributed by atoms with E-state index in [9.17, 15) is 0 Å². The first-order valence-electron chi connectivity index (χ1n) is 6.67. The van der Waals surface area contributed by atoms with Gasteiger partial charge in [-0.15, -0.1) is 0 Å². The third-order valence-corrected chi connectivity index (χ3v) is 3.49. The van der Waals surface area contributed by atoms with Gasteiger partial charge in [-0.1, -0.05) is 11.6 Å². The first-order valence-corrected chi connectivity index (χ1v) is 6.67. The average molecular weight is 258 g/mol. The molecule has 3 atom stereocenters. The molecule has 0 aromatic heterocycles. The van der Waals surface area contributed by atoms with Crippen LogP contribution in [0.3, 0.4) is 0 Å². The lowest BCUT2D eigenvalue weighted by atomic mass is 10.00. The monoisotopic (exact) mass is 258 g/mol. The van der Waals surface area contributed by atoms with Gasteiger partial charge in [0.05, 0.1) is 6.61 Å². The molecule has 6 nitrogen and oxygen atoms in total. The summed E-state index contributed by atoms with van der Waals surface area (Å²) in [6.45, 7) is 7.51. The largest absolute Gasteiger partial charge is 0.409 e. The predicted octanol–water partition coefficient (Wildman–Crippen LogP) is 0.905. The van der Waals surface area contributed by atoms with Crippen molar-refractivity contribution < 1.29 is 9.94 Å². The quantitative estimate of drug-likeness (QED) is 0.217. The smallest absolute Gasteiger partial charge is 0.168 e. The third kappa shape index (κ3) is 4.44. The molecular weight excluding hydrogens is 232 g/mol. The fourth-order valence-electron chi connectivity index (χ4n) is 2.31. The number of hydrazine groups is 1. The number of nitrogens with two attached hydrogens (primary N) is 1. The number of hydrogen-bond donors (Lipinski definition) is 3. The van der Waals surface area contributed by atoms with Crippen molar-refractivity contribution in [3.05, 3.63) is 0 Å². The summed E-state index contributed by atoms with van der Waals surface area (Å²) in [5.41, 5.74) is 8.83. The van der Waals surface area contributed by atoms with Crippen molar-refractivity contribution in [3.8, 4) is 0 Å². The Morgan fingerprint density at radius 1 is 1.50 bits per heavy atom. The van der Waals surface area contributed by atoms with Gasteiger partial charge in [0.25, 0.3) is 0 Å². The zero-order valence-electron chi connectivity index (χ0n) is 11.6. The van der Waals surface area contributed by atoms with Gasteiger partial charge in [0.15, 0.2) is 5.84 Å². The molecule has 0 bridgehead atoms. The van der Waals surface area contributed by atoms with Gasteiger partial charge in [-0.05, 0) is 33.6 Å². The zero-order valence-corrected chi connectivity index (χ0v) is 11.6. The molecule has 0 aliphatic carbocycles. The van der Waals surface area contributed by atoms with Crippen molar-refractivity contribution in [3.63, 3.8) is 0 Å². The van der Waals surface area contributed by atoms with Crippen LogP contribution >= 0.6 is 0 Å². The topological polar surface area (TPSA) is 83.1 Å². The number of amidine groups is 1. The Morgan fingerprint density at radius 2 is 2.11 bits per heavy atom. The van der Waals surface area contributed by atoms with Gasteiger partial charge in [-0.3, -0.25) is 5.43 Å². The van der Waals surface area contributed by atoms with Crippen molar-refractivity contribution in [2.45, 2.75) is 58.2 Å². The minimum Gasteiger partial charge on any atom is -0.409 e.